The van der Waals surface area contributed by atoms with Gasteiger partial charge in [0.1, 0.15) is 5.82 Å². The Hall–Kier alpha value is -3.30. The fraction of sp³-hybridized carbons (Fsp3) is 0.450. The number of hydrogen-bond acceptors (Lipinski definition) is 7. The number of nitrogens with zero attached hydrogens (tertiary/aromatic N) is 5. The molecule has 2 aromatic rings. The van der Waals surface area contributed by atoms with Crippen molar-refractivity contribution in [2.45, 2.75) is 25.8 Å². The van der Waals surface area contributed by atoms with Crippen LogP contribution in [0.4, 0.5) is 16.0 Å². The second-order valence-electron chi connectivity index (χ2n) is 7.33. The van der Waals surface area contributed by atoms with Crippen LogP contribution >= 0.6 is 0 Å². The summed E-state index contributed by atoms with van der Waals surface area (Å²) in [5, 5.41) is 2.81. The summed E-state index contributed by atoms with van der Waals surface area (Å²) in [6, 6.07) is 5.86. The zero-order chi connectivity index (χ0) is 21.1. The summed E-state index contributed by atoms with van der Waals surface area (Å²) in [5.41, 5.74) is 0.578. The first-order chi connectivity index (χ1) is 14.5. The van der Waals surface area contributed by atoms with Gasteiger partial charge in [-0.15, -0.1) is 0 Å². The van der Waals surface area contributed by atoms with Crippen LogP contribution in [0.15, 0.2) is 24.3 Å². The smallest absolute Gasteiger partial charge is 0.321 e. The lowest BCUT2D eigenvalue weighted by atomic mass is 10.1. The van der Waals surface area contributed by atoms with Crippen LogP contribution in [0, 0.1) is 11.7 Å². The maximum absolute atomic E-state index is 13.1. The third-order valence-electron chi connectivity index (χ3n) is 5.28. The quantitative estimate of drug-likeness (QED) is 0.760. The van der Waals surface area contributed by atoms with E-state index in [0.29, 0.717) is 17.5 Å². The fourth-order valence-corrected chi connectivity index (χ4v) is 3.68. The van der Waals surface area contributed by atoms with Crippen molar-refractivity contribution in [2.24, 2.45) is 5.92 Å². The molecule has 0 radical (unpaired) electrons. The van der Waals surface area contributed by atoms with Crippen molar-refractivity contribution in [2.75, 3.05) is 36.5 Å². The molecule has 1 aromatic carbocycles. The van der Waals surface area contributed by atoms with Crippen LogP contribution < -0.4 is 19.9 Å². The number of carbonyl (C=O) groups excluding carboxylic acids is 2. The van der Waals surface area contributed by atoms with Gasteiger partial charge in [0.25, 0.3) is 0 Å². The van der Waals surface area contributed by atoms with Gasteiger partial charge in [0.2, 0.25) is 17.8 Å². The summed E-state index contributed by atoms with van der Waals surface area (Å²) >= 11 is 0. The van der Waals surface area contributed by atoms with Crippen molar-refractivity contribution < 1.29 is 18.7 Å². The van der Waals surface area contributed by atoms with Crippen LogP contribution in [-0.4, -0.2) is 53.5 Å². The van der Waals surface area contributed by atoms with Crippen molar-refractivity contribution in [1.29, 1.82) is 0 Å². The molecule has 2 amide bonds. The van der Waals surface area contributed by atoms with Gasteiger partial charge in [-0.1, -0.05) is 0 Å². The summed E-state index contributed by atoms with van der Waals surface area (Å²) in [5.74, 6) is -0.348. The van der Waals surface area contributed by atoms with E-state index in [4.69, 9.17) is 4.74 Å². The minimum Gasteiger partial charge on any atom is -0.467 e. The maximum atomic E-state index is 13.1. The molecule has 2 fully saturated rings. The molecule has 1 unspecified atom stereocenters. The Morgan fingerprint density at radius 1 is 1.20 bits per heavy atom. The number of benzene rings is 1. The van der Waals surface area contributed by atoms with E-state index in [0.717, 1.165) is 25.9 Å². The highest BCUT2D eigenvalue weighted by Gasteiger charge is 2.35. The predicted octanol–water partition coefficient (Wildman–Crippen LogP) is 1.29. The number of aromatic nitrogens is 3. The highest BCUT2D eigenvalue weighted by molar-refractivity contribution is 6.00. The van der Waals surface area contributed by atoms with E-state index >= 15 is 0 Å². The summed E-state index contributed by atoms with van der Waals surface area (Å²) in [6.07, 6.45) is 2.27. The summed E-state index contributed by atoms with van der Waals surface area (Å²) in [4.78, 5) is 41.5. The van der Waals surface area contributed by atoms with Gasteiger partial charge in [-0.3, -0.25) is 9.59 Å². The van der Waals surface area contributed by atoms with Crippen LogP contribution in [-0.2, 0) is 16.1 Å². The third kappa shape index (κ3) is 4.32. The molecule has 3 heterocycles. The van der Waals surface area contributed by atoms with Gasteiger partial charge >= 0.3 is 6.01 Å². The molecule has 0 saturated carbocycles. The van der Waals surface area contributed by atoms with Crippen molar-refractivity contribution in [3.05, 3.63) is 35.9 Å². The standard InChI is InChI=1S/C20H23FN6O3/c1-30-20-24-16(23-19(25-20)26-8-2-3-9-26)11-22-18(29)13-10-17(28)27(12-13)15-6-4-14(21)5-7-15/h4-7,13H,2-3,8-12H2,1H3,(H,22,29). The van der Waals surface area contributed by atoms with Crippen LogP contribution in [0.25, 0.3) is 0 Å². The van der Waals surface area contributed by atoms with Gasteiger partial charge in [-0.05, 0) is 37.1 Å². The van der Waals surface area contributed by atoms with Gasteiger partial charge in [-0.25, -0.2) is 4.39 Å². The molecule has 30 heavy (non-hydrogen) atoms. The zero-order valence-electron chi connectivity index (χ0n) is 16.7. The highest BCUT2D eigenvalue weighted by atomic mass is 19.1. The second kappa shape index (κ2) is 8.60. The number of anilines is 2. The average molecular weight is 414 g/mol. The molecule has 0 aliphatic carbocycles. The zero-order valence-corrected chi connectivity index (χ0v) is 16.7. The molecule has 2 saturated heterocycles. The first kappa shape index (κ1) is 20.0. The molecular weight excluding hydrogens is 391 g/mol. The van der Waals surface area contributed by atoms with Gasteiger partial charge in [0.15, 0.2) is 5.82 Å². The molecule has 2 aliphatic rings. The number of methoxy groups -OCH3 is 1. The lowest BCUT2D eigenvalue weighted by Gasteiger charge is -2.17. The van der Waals surface area contributed by atoms with E-state index in [1.807, 2.05) is 0 Å². The summed E-state index contributed by atoms with van der Waals surface area (Å²) in [7, 11) is 1.49. The Kier molecular flexibility index (Phi) is 5.73. The number of rotatable bonds is 6. The third-order valence-corrected chi connectivity index (χ3v) is 5.28. The Labute approximate surface area is 173 Å². The highest BCUT2D eigenvalue weighted by Crippen LogP contribution is 2.25. The molecule has 9 nitrogen and oxygen atoms in total. The van der Waals surface area contributed by atoms with Gasteiger partial charge in [0.05, 0.1) is 19.6 Å². The predicted molar refractivity (Wildman–Crippen MR) is 107 cm³/mol. The van der Waals surface area contributed by atoms with E-state index in [1.165, 1.54) is 36.3 Å². The van der Waals surface area contributed by atoms with E-state index in [-0.39, 0.29) is 43.2 Å². The molecule has 0 bridgehead atoms. The monoisotopic (exact) mass is 414 g/mol. The van der Waals surface area contributed by atoms with E-state index in [2.05, 4.69) is 25.2 Å². The molecular formula is C20H23FN6O3. The molecule has 4 rings (SSSR count). The van der Waals surface area contributed by atoms with Gasteiger partial charge in [0, 0.05) is 31.7 Å². The maximum Gasteiger partial charge on any atom is 0.321 e. The largest absolute Gasteiger partial charge is 0.467 e. The number of carbonyl (C=O) groups is 2. The lowest BCUT2D eigenvalue weighted by Crippen LogP contribution is -2.33. The second-order valence-corrected chi connectivity index (χ2v) is 7.33. The fourth-order valence-electron chi connectivity index (χ4n) is 3.68. The Balaban J connectivity index is 1.39. The number of ether oxygens (including phenoxy) is 1. The van der Waals surface area contributed by atoms with Crippen LogP contribution in [0.5, 0.6) is 6.01 Å². The summed E-state index contributed by atoms with van der Waals surface area (Å²) in [6.45, 7) is 2.11. The Morgan fingerprint density at radius 2 is 1.93 bits per heavy atom. The number of nitrogens with one attached hydrogen (secondary N) is 1. The Bertz CT molecular complexity index is 933. The van der Waals surface area contributed by atoms with Gasteiger partial charge in [-0.2, -0.15) is 15.0 Å². The van der Waals surface area contributed by atoms with E-state index in [1.54, 1.807) is 0 Å². The molecule has 158 valence electrons. The topological polar surface area (TPSA) is 101 Å². The van der Waals surface area contributed by atoms with Crippen molar-refractivity contribution in [3.63, 3.8) is 0 Å². The van der Waals surface area contributed by atoms with Crippen molar-refractivity contribution in [3.8, 4) is 6.01 Å². The summed E-state index contributed by atoms with van der Waals surface area (Å²) < 4.78 is 18.3. The van der Waals surface area contributed by atoms with Gasteiger partial charge < -0.3 is 19.9 Å². The normalized spacial score (nSPS) is 18.7. The van der Waals surface area contributed by atoms with E-state index < -0.39 is 5.92 Å². The number of amides is 2. The van der Waals surface area contributed by atoms with Crippen LogP contribution in [0.3, 0.4) is 0 Å². The molecule has 0 spiro atoms. The Morgan fingerprint density at radius 3 is 2.63 bits per heavy atom. The molecule has 1 N–H and O–H groups in total. The molecule has 2 aliphatic heterocycles. The average Bonchev–Trinajstić information content (AvgIpc) is 3.42. The minimum atomic E-state index is -0.496. The van der Waals surface area contributed by atoms with Crippen molar-refractivity contribution >= 4 is 23.5 Å². The molecule has 10 heteroatoms. The van der Waals surface area contributed by atoms with E-state index in [9.17, 15) is 14.0 Å². The lowest BCUT2D eigenvalue weighted by molar-refractivity contribution is -0.126. The number of halogens is 1. The van der Waals surface area contributed by atoms with Crippen molar-refractivity contribution in [1.82, 2.24) is 20.3 Å². The first-order valence-corrected chi connectivity index (χ1v) is 9.91. The van der Waals surface area contributed by atoms with Crippen LogP contribution in [0.1, 0.15) is 25.1 Å². The first-order valence-electron chi connectivity index (χ1n) is 9.91. The molecule has 1 aromatic heterocycles. The van der Waals surface area contributed by atoms with Crippen LogP contribution in [0.2, 0.25) is 0 Å². The minimum absolute atomic E-state index is 0.1000. The molecule has 1 atom stereocenters. The number of hydrogen-bond donors (Lipinski definition) is 1. The SMILES string of the molecule is COc1nc(CNC(=O)C2CC(=O)N(c3ccc(F)cc3)C2)nc(N2CCCC2)n1.